The van der Waals surface area contributed by atoms with Gasteiger partial charge < -0.3 is 14.4 Å². The van der Waals surface area contributed by atoms with E-state index in [2.05, 4.69) is 16.6 Å². The average Bonchev–Trinajstić information content (AvgIpc) is 2.63. The quantitative estimate of drug-likeness (QED) is 0.192. The van der Waals surface area contributed by atoms with Gasteiger partial charge in [0.1, 0.15) is 6.54 Å². The van der Waals surface area contributed by atoms with Crippen LogP contribution in [0.1, 0.15) is 32.1 Å². The summed E-state index contributed by atoms with van der Waals surface area (Å²) in [5, 5.41) is 0. The molecule has 0 radical (unpaired) electrons. The van der Waals surface area contributed by atoms with Crippen LogP contribution in [0.5, 0.6) is 5.75 Å². The fourth-order valence-corrected chi connectivity index (χ4v) is 2.36. The van der Waals surface area contributed by atoms with Crippen molar-refractivity contribution >= 4 is 12.1 Å². The first-order chi connectivity index (χ1) is 13.2. The van der Waals surface area contributed by atoms with Gasteiger partial charge in [0, 0.05) is 13.5 Å². The molecule has 0 saturated heterocycles. The summed E-state index contributed by atoms with van der Waals surface area (Å²) >= 11 is 0. The molecule has 1 unspecified atom stereocenters. The van der Waals surface area contributed by atoms with E-state index in [4.69, 9.17) is 4.74 Å². The van der Waals surface area contributed by atoms with Gasteiger partial charge in [0.05, 0.1) is 0 Å². The third kappa shape index (κ3) is 5.12. The molecule has 1 amide bonds. The molecule has 1 aliphatic carbocycles. The fraction of sp³-hybridized carbons (Fsp3) is 0.444. The zero-order chi connectivity index (χ0) is 20.8. The van der Waals surface area contributed by atoms with Crippen LogP contribution in [-0.2, 0) is 9.53 Å². The van der Waals surface area contributed by atoms with Crippen LogP contribution in [0.25, 0.3) is 0 Å². The van der Waals surface area contributed by atoms with Gasteiger partial charge in [-0.1, -0.05) is 18.3 Å². The van der Waals surface area contributed by atoms with E-state index in [0.29, 0.717) is 12.8 Å². The SMILES string of the molecule is CN(CC(=O)Oc1c(F)c(F)c(F)c(F)c1F)C(=O)OC1C#CCCCCC1. The number of amides is 1. The highest BCUT2D eigenvalue weighted by molar-refractivity contribution is 5.79. The Morgan fingerprint density at radius 1 is 1.00 bits per heavy atom. The van der Waals surface area contributed by atoms with Crippen LogP contribution < -0.4 is 4.74 Å². The predicted octanol–water partition coefficient (Wildman–Crippen LogP) is 3.69. The Morgan fingerprint density at radius 3 is 2.25 bits per heavy atom. The number of hydrogen-bond acceptors (Lipinski definition) is 4. The molecule has 5 nitrogen and oxygen atoms in total. The highest BCUT2D eigenvalue weighted by Crippen LogP contribution is 2.29. The van der Waals surface area contributed by atoms with Gasteiger partial charge in [-0.2, -0.15) is 8.78 Å². The molecular weight excluding hydrogens is 389 g/mol. The second kappa shape index (κ2) is 9.39. The van der Waals surface area contributed by atoms with E-state index in [1.54, 1.807) is 0 Å². The number of carbonyl (C=O) groups is 2. The van der Waals surface area contributed by atoms with Crippen molar-refractivity contribution in [3.8, 4) is 17.6 Å². The molecule has 1 aromatic carbocycles. The van der Waals surface area contributed by atoms with Gasteiger partial charge in [-0.3, -0.25) is 0 Å². The molecule has 2 rings (SSSR count). The molecule has 0 spiro atoms. The third-order valence-electron chi connectivity index (χ3n) is 3.84. The maximum absolute atomic E-state index is 13.5. The molecule has 0 bridgehead atoms. The first-order valence-electron chi connectivity index (χ1n) is 8.34. The highest BCUT2D eigenvalue weighted by Gasteiger charge is 2.29. The summed E-state index contributed by atoms with van der Waals surface area (Å²) in [6.07, 6.45) is 2.28. The number of ether oxygens (including phenoxy) is 2. The van der Waals surface area contributed by atoms with Crippen molar-refractivity contribution < 1.29 is 41.0 Å². The Morgan fingerprint density at radius 2 is 1.61 bits per heavy atom. The topological polar surface area (TPSA) is 55.8 Å². The standard InChI is InChI=1S/C18H16F5NO4/c1-24(18(26)27-10-7-5-3-2-4-6-8-10)9-11(25)28-17-15(22)13(20)12(19)14(21)16(17)23/h10H,2-5,7,9H2,1H3. The van der Waals surface area contributed by atoms with E-state index >= 15 is 0 Å². The lowest BCUT2D eigenvalue weighted by molar-refractivity contribution is -0.135. The number of esters is 1. The van der Waals surface area contributed by atoms with Gasteiger partial charge in [0.2, 0.25) is 34.8 Å². The van der Waals surface area contributed by atoms with Crippen LogP contribution in [0.2, 0.25) is 0 Å². The Kier molecular flexibility index (Phi) is 7.20. The summed E-state index contributed by atoms with van der Waals surface area (Å²) in [7, 11) is 1.14. The fourth-order valence-electron chi connectivity index (χ4n) is 2.36. The molecule has 0 aliphatic heterocycles. The van der Waals surface area contributed by atoms with Crippen LogP contribution in [0.3, 0.4) is 0 Å². The van der Waals surface area contributed by atoms with E-state index in [1.165, 1.54) is 0 Å². The zero-order valence-corrected chi connectivity index (χ0v) is 14.8. The van der Waals surface area contributed by atoms with Gasteiger partial charge in [-0.05, 0) is 19.3 Å². The molecule has 0 aromatic heterocycles. The average molecular weight is 405 g/mol. The van der Waals surface area contributed by atoms with Crippen molar-refractivity contribution in [2.45, 2.75) is 38.2 Å². The van der Waals surface area contributed by atoms with E-state index in [1.807, 2.05) is 0 Å². The van der Waals surface area contributed by atoms with Crippen molar-refractivity contribution in [2.24, 2.45) is 0 Å². The molecule has 0 N–H and O–H groups in total. The lowest BCUT2D eigenvalue weighted by atomic mass is 10.1. The van der Waals surface area contributed by atoms with E-state index < -0.39 is 59.5 Å². The second-order valence-corrected chi connectivity index (χ2v) is 6.02. The van der Waals surface area contributed by atoms with Crippen LogP contribution in [0, 0.1) is 40.9 Å². The maximum atomic E-state index is 13.5. The number of nitrogens with zero attached hydrogens (tertiary/aromatic N) is 1. The number of hydrogen-bond donors (Lipinski definition) is 0. The first kappa shape index (κ1) is 21.5. The first-order valence-corrected chi connectivity index (χ1v) is 8.34. The van der Waals surface area contributed by atoms with Crippen molar-refractivity contribution in [2.75, 3.05) is 13.6 Å². The third-order valence-corrected chi connectivity index (χ3v) is 3.84. The summed E-state index contributed by atoms with van der Waals surface area (Å²) < 4.78 is 75.6. The van der Waals surface area contributed by atoms with Crippen molar-refractivity contribution in [3.63, 3.8) is 0 Å². The predicted molar refractivity (Wildman–Crippen MR) is 85.6 cm³/mol. The van der Waals surface area contributed by atoms with Gasteiger partial charge >= 0.3 is 12.1 Å². The summed E-state index contributed by atoms with van der Waals surface area (Å²) in [5.41, 5.74) is 0. The normalized spacial score (nSPS) is 16.3. The van der Waals surface area contributed by atoms with E-state index in [-0.39, 0.29) is 0 Å². The molecule has 28 heavy (non-hydrogen) atoms. The molecular formula is C18H16F5NO4. The Labute approximate surface area is 157 Å². The summed E-state index contributed by atoms with van der Waals surface area (Å²) in [5.74, 6) is -8.99. The largest absolute Gasteiger partial charge is 0.433 e. The van der Waals surface area contributed by atoms with Gasteiger partial charge in [-0.15, -0.1) is 0 Å². The highest BCUT2D eigenvalue weighted by atomic mass is 19.2. The smallest absolute Gasteiger partial charge is 0.411 e. The van der Waals surface area contributed by atoms with Crippen molar-refractivity contribution in [1.29, 1.82) is 0 Å². The summed E-state index contributed by atoms with van der Waals surface area (Å²) in [6, 6.07) is 0. The molecule has 1 aromatic rings. The minimum atomic E-state index is -2.38. The van der Waals surface area contributed by atoms with Crippen molar-refractivity contribution in [1.82, 2.24) is 4.90 Å². The molecule has 152 valence electrons. The number of likely N-dealkylation sites (N-methyl/N-ethyl adjacent to an activating group) is 1. The van der Waals surface area contributed by atoms with Crippen LogP contribution >= 0.6 is 0 Å². The van der Waals surface area contributed by atoms with Gasteiger partial charge in [-0.25, -0.2) is 22.8 Å². The van der Waals surface area contributed by atoms with Gasteiger partial charge in [0.15, 0.2) is 6.10 Å². The monoisotopic (exact) mass is 405 g/mol. The molecule has 1 aliphatic rings. The number of carbonyl (C=O) groups excluding carboxylic acids is 2. The number of rotatable bonds is 4. The van der Waals surface area contributed by atoms with E-state index in [9.17, 15) is 31.5 Å². The number of benzene rings is 1. The molecule has 0 heterocycles. The Balaban J connectivity index is 2.00. The minimum Gasteiger partial charge on any atom is -0.433 e. The molecule has 1 atom stereocenters. The zero-order valence-electron chi connectivity index (χ0n) is 14.8. The van der Waals surface area contributed by atoms with Crippen molar-refractivity contribution in [3.05, 3.63) is 29.1 Å². The van der Waals surface area contributed by atoms with Crippen LogP contribution in [-0.4, -0.2) is 36.7 Å². The molecule has 0 saturated carbocycles. The second-order valence-electron chi connectivity index (χ2n) is 6.02. The van der Waals surface area contributed by atoms with Gasteiger partial charge in [0.25, 0.3) is 0 Å². The lowest BCUT2D eigenvalue weighted by Gasteiger charge is -2.20. The summed E-state index contributed by atoms with van der Waals surface area (Å²) in [6.45, 7) is -0.849. The maximum Gasteiger partial charge on any atom is 0.411 e. The number of halogens is 5. The van der Waals surface area contributed by atoms with E-state index in [0.717, 1.165) is 31.2 Å². The Hall–Kier alpha value is -2.83. The lowest BCUT2D eigenvalue weighted by Crippen LogP contribution is -2.36. The van der Waals surface area contributed by atoms with Crippen LogP contribution in [0.4, 0.5) is 26.7 Å². The van der Waals surface area contributed by atoms with Crippen LogP contribution in [0.15, 0.2) is 0 Å². The molecule has 0 fully saturated rings. The Bertz CT molecular complexity index is 804. The summed E-state index contributed by atoms with van der Waals surface area (Å²) in [4.78, 5) is 24.5. The minimum absolute atomic E-state index is 0.515. The molecule has 10 heteroatoms.